The second-order valence-electron chi connectivity index (χ2n) is 4.80. The van der Waals surface area contributed by atoms with E-state index in [9.17, 15) is 0 Å². The molecule has 3 heteroatoms. The van der Waals surface area contributed by atoms with Crippen molar-refractivity contribution < 1.29 is 0 Å². The SMILES string of the molecule is CCC(N)c1nc(-c2ccccc2)c(C(C)C)s1. The molecule has 0 spiro atoms. The van der Waals surface area contributed by atoms with Crippen LogP contribution in [0.3, 0.4) is 0 Å². The third-order valence-corrected chi connectivity index (χ3v) is 4.49. The van der Waals surface area contributed by atoms with E-state index in [0.29, 0.717) is 5.92 Å². The maximum Gasteiger partial charge on any atom is 0.110 e. The first kappa shape index (κ1) is 13.2. The van der Waals surface area contributed by atoms with E-state index >= 15 is 0 Å². The first-order chi connectivity index (χ1) is 8.63. The van der Waals surface area contributed by atoms with E-state index in [-0.39, 0.29) is 6.04 Å². The van der Waals surface area contributed by atoms with Crippen LogP contribution in [0.1, 0.15) is 49.0 Å². The summed E-state index contributed by atoms with van der Waals surface area (Å²) in [4.78, 5) is 6.10. The van der Waals surface area contributed by atoms with Crippen molar-refractivity contribution in [2.75, 3.05) is 0 Å². The zero-order valence-corrected chi connectivity index (χ0v) is 12.0. The molecule has 0 aliphatic heterocycles. The van der Waals surface area contributed by atoms with E-state index in [0.717, 1.165) is 17.1 Å². The normalized spacial score (nSPS) is 12.9. The van der Waals surface area contributed by atoms with Crippen LogP contribution in [0.2, 0.25) is 0 Å². The molecule has 0 saturated heterocycles. The summed E-state index contributed by atoms with van der Waals surface area (Å²) in [6, 6.07) is 10.4. The number of thiazole rings is 1. The Morgan fingerprint density at radius 3 is 2.44 bits per heavy atom. The predicted molar refractivity (Wildman–Crippen MR) is 78.9 cm³/mol. The Balaban J connectivity index is 2.49. The smallest absolute Gasteiger partial charge is 0.110 e. The fourth-order valence-corrected chi connectivity index (χ4v) is 3.05. The van der Waals surface area contributed by atoms with Gasteiger partial charge in [-0.1, -0.05) is 51.1 Å². The Labute approximate surface area is 113 Å². The van der Waals surface area contributed by atoms with E-state index in [1.54, 1.807) is 11.3 Å². The van der Waals surface area contributed by atoms with Crippen LogP contribution >= 0.6 is 11.3 Å². The molecular formula is C15H20N2S. The number of aromatic nitrogens is 1. The summed E-state index contributed by atoms with van der Waals surface area (Å²) in [5.41, 5.74) is 8.40. The third-order valence-electron chi connectivity index (χ3n) is 3.00. The number of rotatable bonds is 4. The van der Waals surface area contributed by atoms with Gasteiger partial charge in [-0.15, -0.1) is 11.3 Å². The van der Waals surface area contributed by atoms with Gasteiger partial charge < -0.3 is 5.73 Å². The average molecular weight is 260 g/mol. The van der Waals surface area contributed by atoms with Crippen molar-refractivity contribution in [3.63, 3.8) is 0 Å². The Kier molecular flexibility index (Phi) is 4.15. The zero-order chi connectivity index (χ0) is 13.1. The van der Waals surface area contributed by atoms with Crippen LogP contribution in [0.15, 0.2) is 30.3 Å². The van der Waals surface area contributed by atoms with E-state index < -0.39 is 0 Å². The van der Waals surface area contributed by atoms with Gasteiger partial charge in [-0.2, -0.15) is 0 Å². The van der Waals surface area contributed by atoms with E-state index in [1.807, 2.05) is 6.07 Å². The standard InChI is InChI=1S/C15H20N2S/c1-4-12(16)15-17-13(14(18-15)10(2)3)11-8-6-5-7-9-11/h5-10,12H,4,16H2,1-3H3. The lowest BCUT2D eigenvalue weighted by molar-refractivity contribution is 0.693. The summed E-state index contributed by atoms with van der Waals surface area (Å²) < 4.78 is 0. The van der Waals surface area contributed by atoms with Gasteiger partial charge >= 0.3 is 0 Å². The highest BCUT2D eigenvalue weighted by Crippen LogP contribution is 2.35. The lowest BCUT2D eigenvalue weighted by Crippen LogP contribution is -2.07. The van der Waals surface area contributed by atoms with Gasteiger partial charge in [0.15, 0.2) is 0 Å². The van der Waals surface area contributed by atoms with Gasteiger partial charge in [0.05, 0.1) is 11.7 Å². The van der Waals surface area contributed by atoms with Crippen LogP contribution in [0.4, 0.5) is 0 Å². The van der Waals surface area contributed by atoms with Crippen LogP contribution in [0, 0.1) is 0 Å². The summed E-state index contributed by atoms with van der Waals surface area (Å²) >= 11 is 1.76. The number of hydrogen-bond donors (Lipinski definition) is 1. The second-order valence-corrected chi connectivity index (χ2v) is 5.86. The van der Waals surface area contributed by atoms with E-state index in [2.05, 4.69) is 45.0 Å². The monoisotopic (exact) mass is 260 g/mol. The summed E-state index contributed by atoms with van der Waals surface area (Å²) in [7, 11) is 0. The van der Waals surface area contributed by atoms with Gasteiger partial charge in [0.1, 0.15) is 5.01 Å². The van der Waals surface area contributed by atoms with Gasteiger partial charge in [0.25, 0.3) is 0 Å². The van der Waals surface area contributed by atoms with Crippen molar-refractivity contribution >= 4 is 11.3 Å². The molecule has 2 aromatic rings. The third kappa shape index (κ3) is 2.62. The van der Waals surface area contributed by atoms with Gasteiger partial charge in [0, 0.05) is 10.4 Å². The molecule has 0 amide bonds. The topological polar surface area (TPSA) is 38.9 Å². The summed E-state index contributed by atoms with van der Waals surface area (Å²) in [5, 5.41) is 1.06. The molecule has 1 heterocycles. The van der Waals surface area contributed by atoms with Gasteiger partial charge in [-0.3, -0.25) is 0 Å². The molecule has 1 unspecified atom stereocenters. The summed E-state index contributed by atoms with van der Waals surface area (Å²) in [6.45, 7) is 6.52. The highest BCUT2D eigenvalue weighted by atomic mass is 32.1. The quantitative estimate of drug-likeness (QED) is 0.888. The minimum atomic E-state index is 0.0602. The van der Waals surface area contributed by atoms with Crippen LogP contribution in [0.25, 0.3) is 11.3 Å². The molecule has 0 aliphatic rings. The minimum absolute atomic E-state index is 0.0602. The van der Waals surface area contributed by atoms with Gasteiger partial charge in [-0.05, 0) is 12.3 Å². The molecule has 1 atom stereocenters. The molecule has 0 radical (unpaired) electrons. The van der Waals surface area contributed by atoms with Crippen LogP contribution in [-0.2, 0) is 0 Å². The van der Waals surface area contributed by atoms with Gasteiger partial charge in [0.2, 0.25) is 0 Å². The molecule has 1 aromatic heterocycles. The Morgan fingerprint density at radius 1 is 1.22 bits per heavy atom. The predicted octanol–water partition coefficient (Wildman–Crippen LogP) is 4.34. The Morgan fingerprint density at radius 2 is 1.89 bits per heavy atom. The minimum Gasteiger partial charge on any atom is -0.322 e. The summed E-state index contributed by atoms with van der Waals surface area (Å²) in [6.07, 6.45) is 0.930. The van der Waals surface area contributed by atoms with Crippen molar-refractivity contribution in [3.05, 3.63) is 40.2 Å². The molecule has 0 fully saturated rings. The molecule has 96 valence electrons. The fourth-order valence-electron chi connectivity index (χ4n) is 1.88. The molecule has 2 nitrogen and oxygen atoms in total. The highest BCUT2D eigenvalue weighted by Gasteiger charge is 2.18. The van der Waals surface area contributed by atoms with Crippen LogP contribution < -0.4 is 5.73 Å². The van der Waals surface area contributed by atoms with E-state index in [4.69, 9.17) is 10.7 Å². The molecule has 1 aromatic carbocycles. The van der Waals surface area contributed by atoms with Gasteiger partial charge in [-0.25, -0.2) is 4.98 Å². The number of hydrogen-bond acceptors (Lipinski definition) is 3. The molecule has 2 N–H and O–H groups in total. The van der Waals surface area contributed by atoms with Crippen LogP contribution in [0.5, 0.6) is 0 Å². The summed E-state index contributed by atoms with van der Waals surface area (Å²) in [5.74, 6) is 0.482. The molecule has 2 rings (SSSR count). The molecule has 0 bridgehead atoms. The first-order valence-electron chi connectivity index (χ1n) is 6.45. The first-order valence-corrected chi connectivity index (χ1v) is 7.26. The molecular weight excluding hydrogens is 240 g/mol. The average Bonchev–Trinajstić information content (AvgIpc) is 2.84. The van der Waals surface area contributed by atoms with Crippen molar-refractivity contribution in [3.8, 4) is 11.3 Å². The molecule has 0 aliphatic carbocycles. The molecule has 0 saturated carbocycles. The van der Waals surface area contributed by atoms with E-state index in [1.165, 1.54) is 10.4 Å². The highest BCUT2D eigenvalue weighted by molar-refractivity contribution is 7.12. The maximum atomic E-state index is 6.10. The Hall–Kier alpha value is -1.19. The number of nitrogens with zero attached hydrogens (tertiary/aromatic N) is 1. The zero-order valence-electron chi connectivity index (χ0n) is 11.2. The molecule has 18 heavy (non-hydrogen) atoms. The van der Waals surface area contributed by atoms with Crippen molar-refractivity contribution in [2.24, 2.45) is 5.73 Å². The lowest BCUT2D eigenvalue weighted by Gasteiger charge is -2.04. The van der Waals surface area contributed by atoms with Crippen molar-refractivity contribution in [1.82, 2.24) is 4.98 Å². The number of nitrogens with two attached hydrogens (primary N) is 1. The fraction of sp³-hybridized carbons (Fsp3) is 0.400. The van der Waals surface area contributed by atoms with Crippen molar-refractivity contribution in [2.45, 2.75) is 39.2 Å². The lowest BCUT2D eigenvalue weighted by atomic mass is 10.1. The Bertz CT molecular complexity index is 502. The van der Waals surface area contributed by atoms with Crippen LogP contribution in [-0.4, -0.2) is 4.98 Å². The van der Waals surface area contributed by atoms with Crippen molar-refractivity contribution in [1.29, 1.82) is 0 Å². The maximum absolute atomic E-state index is 6.10. The number of benzene rings is 1. The second kappa shape index (κ2) is 5.63. The largest absolute Gasteiger partial charge is 0.322 e.